The van der Waals surface area contributed by atoms with Gasteiger partial charge in [-0.1, -0.05) is 36.4 Å². The van der Waals surface area contributed by atoms with Crippen LogP contribution in [0.15, 0.2) is 59.5 Å². The van der Waals surface area contributed by atoms with Crippen LogP contribution in [0.2, 0.25) is 0 Å². The molecule has 0 aliphatic carbocycles. The molecule has 174 valence electrons. The Hall–Kier alpha value is -2.39. The highest BCUT2D eigenvalue weighted by molar-refractivity contribution is 7.89. The Morgan fingerprint density at radius 2 is 1.59 bits per heavy atom. The van der Waals surface area contributed by atoms with Crippen molar-refractivity contribution in [2.45, 2.75) is 43.2 Å². The topological polar surface area (TPSA) is 66.5 Å². The lowest BCUT2D eigenvalue weighted by atomic mass is 9.82. The summed E-state index contributed by atoms with van der Waals surface area (Å²) in [5, 5.41) is 2.85. The van der Waals surface area contributed by atoms with Gasteiger partial charge in [-0.25, -0.2) is 8.42 Å². The van der Waals surface area contributed by atoms with Crippen LogP contribution < -0.4 is 5.32 Å². The molecule has 1 aliphatic heterocycles. The number of hydrogen-bond donors (Lipinski definition) is 1. The molecule has 1 saturated heterocycles. The summed E-state index contributed by atoms with van der Waals surface area (Å²) in [4.78, 5) is 13.0. The van der Waals surface area contributed by atoms with E-state index in [-0.39, 0.29) is 22.3 Å². The van der Waals surface area contributed by atoms with Crippen LogP contribution in [0.4, 0.5) is 13.2 Å². The first-order chi connectivity index (χ1) is 14.9. The highest BCUT2D eigenvalue weighted by Gasteiger charge is 2.35. The molecular formula is C23H27F3N2O3S. The third-order valence-electron chi connectivity index (χ3n) is 5.99. The first-order valence-electron chi connectivity index (χ1n) is 10.4. The smallest absolute Gasteiger partial charge is 0.355 e. The van der Waals surface area contributed by atoms with Gasteiger partial charge >= 0.3 is 6.18 Å². The van der Waals surface area contributed by atoms with Crippen molar-refractivity contribution < 1.29 is 26.4 Å². The third-order valence-corrected chi connectivity index (χ3v) is 7.90. The maximum Gasteiger partial charge on any atom is 0.416 e. The fourth-order valence-electron chi connectivity index (χ4n) is 3.77. The van der Waals surface area contributed by atoms with Crippen LogP contribution in [0.5, 0.6) is 0 Å². The van der Waals surface area contributed by atoms with Crippen LogP contribution >= 0.6 is 0 Å². The molecule has 1 aliphatic rings. The summed E-state index contributed by atoms with van der Waals surface area (Å²) in [6.45, 7) is 4.24. The maximum atomic E-state index is 13.0. The Morgan fingerprint density at radius 3 is 2.19 bits per heavy atom. The number of benzene rings is 2. The first-order valence-corrected chi connectivity index (χ1v) is 11.9. The zero-order chi connectivity index (χ0) is 23.6. The van der Waals surface area contributed by atoms with Crippen LogP contribution in [0.1, 0.15) is 37.8 Å². The van der Waals surface area contributed by atoms with Gasteiger partial charge in [0.1, 0.15) is 0 Å². The molecule has 0 unspecified atom stereocenters. The average Bonchev–Trinajstić information content (AvgIpc) is 2.77. The molecule has 0 aromatic heterocycles. The standard InChI is InChI=1S/C23H27F3N2O3S/c1-22(2,18-7-6-8-19(15-18)23(24,25)26)21(29)27-16-17-11-13-28(14-12-17)32(30,31)20-9-4-3-5-10-20/h3-10,15,17H,11-14,16H2,1-2H3,(H,27,29). The van der Waals surface area contributed by atoms with Crippen molar-refractivity contribution in [3.63, 3.8) is 0 Å². The van der Waals surface area contributed by atoms with Gasteiger partial charge in [0.05, 0.1) is 15.9 Å². The zero-order valence-electron chi connectivity index (χ0n) is 18.0. The summed E-state index contributed by atoms with van der Waals surface area (Å²) < 4.78 is 66.0. The number of alkyl halides is 3. The van der Waals surface area contributed by atoms with E-state index in [1.165, 1.54) is 16.4 Å². The second-order valence-corrected chi connectivity index (χ2v) is 10.5. The molecule has 0 saturated carbocycles. The molecule has 3 rings (SSSR count). The molecule has 0 atom stereocenters. The summed E-state index contributed by atoms with van der Waals surface area (Å²) in [6.07, 6.45) is -3.29. The van der Waals surface area contributed by atoms with Gasteiger partial charge < -0.3 is 5.32 Å². The van der Waals surface area contributed by atoms with E-state index in [0.29, 0.717) is 32.5 Å². The Balaban J connectivity index is 1.57. The van der Waals surface area contributed by atoms with Crippen molar-refractivity contribution in [1.82, 2.24) is 9.62 Å². The summed E-state index contributed by atoms with van der Waals surface area (Å²) in [5.74, 6) is -0.269. The molecule has 5 nitrogen and oxygen atoms in total. The maximum absolute atomic E-state index is 13.0. The zero-order valence-corrected chi connectivity index (χ0v) is 18.8. The Labute approximate surface area is 186 Å². The van der Waals surface area contributed by atoms with Crippen LogP contribution in [0.3, 0.4) is 0 Å². The molecule has 2 aromatic carbocycles. The van der Waals surface area contributed by atoms with Crippen molar-refractivity contribution in [3.8, 4) is 0 Å². The number of piperidine rings is 1. The third kappa shape index (κ3) is 5.32. The predicted octanol–water partition coefficient (Wildman–Crippen LogP) is 4.20. The van der Waals surface area contributed by atoms with Crippen molar-refractivity contribution >= 4 is 15.9 Å². The SMILES string of the molecule is CC(C)(C(=O)NCC1CCN(S(=O)(=O)c2ccccc2)CC1)c1cccc(C(F)(F)F)c1. The molecule has 1 heterocycles. The molecule has 0 bridgehead atoms. The van der Waals surface area contributed by atoms with Gasteiger partial charge in [0.15, 0.2) is 0 Å². The largest absolute Gasteiger partial charge is 0.416 e. The molecular weight excluding hydrogens is 441 g/mol. The second kappa shape index (κ2) is 9.23. The number of halogens is 3. The molecule has 1 N–H and O–H groups in total. The molecule has 0 radical (unpaired) electrons. The molecule has 1 fully saturated rings. The number of sulfonamides is 1. The minimum atomic E-state index is -4.48. The van der Waals surface area contributed by atoms with Crippen LogP contribution in [0, 0.1) is 5.92 Å². The number of nitrogens with zero attached hydrogens (tertiary/aromatic N) is 1. The van der Waals surface area contributed by atoms with Gasteiger partial charge in [0.2, 0.25) is 15.9 Å². The van der Waals surface area contributed by atoms with E-state index in [1.807, 2.05) is 0 Å². The second-order valence-electron chi connectivity index (χ2n) is 8.57. The van der Waals surface area contributed by atoms with Crippen molar-refractivity contribution in [3.05, 3.63) is 65.7 Å². The van der Waals surface area contributed by atoms with Crippen molar-refractivity contribution in [1.29, 1.82) is 0 Å². The van der Waals surface area contributed by atoms with Crippen LogP contribution in [-0.4, -0.2) is 38.3 Å². The van der Waals surface area contributed by atoms with Gasteiger partial charge in [-0.15, -0.1) is 0 Å². The van der Waals surface area contributed by atoms with E-state index >= 15 is 0 Å². The van der Waals surface area contributed by atoms with E-state index in [2.05, 4.69) is 5.32 Å². The monoisotopic (exact) mass is 468 g/mol. The minimum absolute atomic E-state index is 0.0958. The lowest BCUT2D eigenvalue weighted by Crippen LogP contribution is -2.45. The number of carbonyl (C=O) groups is 1. The quantitative estimate of drug-likeness (QED) is 0.691. The molecule has 0 spiro atoms. The van der Waals surface area contributed by atoms with Crippen molar-refractivity contribution in [2.24, 2.45) is 5.92 Å². The fraction of sp³-hybridized carbons (Fsp3) is 0.435. The van der Waals surface area contributed by atoms with Gasteiger partial charge in [0.25, 0.3) is 0 Å². The van der Waals surface area contributed by atoms with Gasteiger partial charge in [-0.05, 0) is 56.4 Å². The van der Waals surface area contributed by atoms with E-state index in [9.17, 15) is 26.4 Å². The Kier molecular flexibility index (Phi) is 7.00. The number of rotatable bonds is 6. The number of carbonyl (C=O) groups excluding carboxylic acids is 1. The predicted molar refractivity (Wildman–Crippen MR) is 115 cm³/mol. The van der Waals surface area contributed by atoms with Gasteiger partial charge in [-0.3, -0.25) is 4.79 Å². The normalized spacial score (nSPS) is 16.7. The molecule has 32 heavy (non-hydrogen) atoms. The van der Waals surface area contributed by atoms with Crippen LogP contribution in [0.25, 0.3) is 0 Å². The van der Waals surface area contributed by atoms with E-state index < -0.39 is 27.2 Å². The fourth-order valence-corrected chi connectivity index (χ4v) is 5.26. The highest BCUT2D eigenvalue weighted by atomic mass is 32.2. The van der Waals surface area contributed by atoms with Gasteiger partial charge in [0, 0.05) is 19.6 Å². The van der Waals surface area contributed by atoms with Gasteiger partial charge in [-0.2, -0.15) is 17.5 Å². The summed E-state index contributed by atoms with van der Waals surface area (Å²) >= 11 is 0. The minimum Gasteiger partial charge on any atom is -0.355 e. The van der Waals surface area contributed by atoms with Crippen LogP contribution in [-0.2, 0) is 26.4 Å². The molecule has 2 aromatic rings. The molecule has 9 heteroatoms. The number of amides is 1. The Bertz CT molecular complexity index is 1050. The average molecular weight is 469 g/mol. The summed E-state index contributed by atoms with van der Waals surface area (Å²) in [5.41, 5.74) is -1.64. The first kappa shape index (κ1) is 24.3. The number of nitrogens with one attached hydrogen (secondary N) is 1. The Morgan fingerprint density at radius 1 is 1.00 bits per heavy atom. The van der Waals surface area contributed by atoms with Crippen molar-refractivity contribution in [2.75, 3.05) is 19.6 Å². The van der Waals surface area contributed by atoms with E-state index in [1.54, 1.807) is 44.2 Å². The highest BCUT2D eigenvalue weighted by Crippen LogP contribution is 2.33. The van der Waals surface area contributed by atoms with E-state index in [0.717, 1.165) is 12.1 Å². The lowest BCUT2D eigenvalue weighted by Gasteiger charge is -2.32. The van der Waals surface area contributed by atoms with E-state index in [4.69, 9.17) is 0 Å². The lowest BCUT2D eigenvalue weighted by molar-refractivity contribution is -0.138. The summed E-state index contributed by atoms with van der Waals surface area (Å²) in [6, 6.07) is 13.1. The molecule has 1 amide bonds. The number of hydrogen-bond acceptors (Lipinski definition) is 3. The summed E-state index contributed by atoms with van der Waals surface area (Å²) in [7, 11) is -3.54.